The van der Waals surface area contributed by atoms with E-state index in [1.165, 1.54) is 0 Å². The Hall–Kier alpha value is -0.820. The number of rotatable bonds is 5. The van der Waals surface area contributed by atoms with Crippen LogP contribution in [0.5, 0.6) is 0 Å². The van der Waals surface area contributed by atoms with Crippen LogP contribution < -0.4 is 10.6 Å². The van der Waals surface area contributed by atoms with E-state index in [9.17, 15) is 18.0 Å². The molecule has 0 spiro atoms. The molecule has 0 aliphatic carbocycles. The van der Waals surface area contributed by atoms with Crippen molar-refractivity contribution < 1.29 is 22.7 Å². The third kappa shape index (κ3) is 3.14. The van der Waals surface area contributed by atoms with Gasteiger partial charge in [-0.15, -0.1) is 0 Å². The molecule has 2 unspecified atom stereocenters. The van der Waals surface area contributed by atoms with E-state index < -0.39 is 23.5 Å². The smallest absolute Gasteiger partial charge is 0.380 e. The first-order valence-electron chi connectivity index (χ1n) is 5.99. The normalized spacial score (nSPS) is 26.1. The van der Waals surface area contributed by atoms with Gasteiger partial charge in [0, 0.05) is 19.2 Å². The molecule has 1 rings (SSSR count). The van der Waals surface area contributed by atoms with Crippen molar-refractivity contribution in [3.8, 4) is 0 Å². The van der Waals surface area contributed by atoms with Crippen molar-refractivity contribution in [3.05, 3.63) is 0 Å². The van der Waals surface area contributed by atoms with Gasteiger partial charge in [-0.25, -0.2) is 0 Å². The molecule has 1 aliphatic rings. The molecular weight excluding hydrogens is 249 g/mol. The molecule has 2 atom stereocenters. The second-order valence-corrected chi connectivity index (χ2v) is 4.54. The van der Waals surface area contributed by atoms with Crippen LogP contribution >= 0.6 is 0 Å². The quantitative estimate of drug-likeness (QED) is 0.784. The molecule has 1 saturated heterocycles. The van der Waals surface area contributed by atoms with Crippen LogP contribution in [0.4, 0.5) is 13.2 Å². The van der Waals surface area contributed by atoms with E-state index in [1.54, 1.807) is 13.8 Å². The number of amides is 1. The summed E-state index contributed by atoms with van der Waals surface area (Å²) in [4.78, 5) is 11.9. The molecule has 4 nitrogen and oxygen atoms in total. The summed E-state index contributed by atoms with van der Waals surface area (Å²) in [5, 5.41) is 4.99. The van der Waals surface area contributed by atoms with E-state index in [0.29, 0.717) is 6.61 Å². The number of halogens is 3. The van der Waals surface area contributed by atoms with E-state index in [-0.39, 0.29) is 26.1 Å². The third-order valence-corrected chi connectivity index (χ3v) is 3.08. The fourth-order valence-electron chi connectivity index (χ4n) is 1.95. The zero-order valence-corrected chi connectivity index (χ0v) is 10.6. The maximum atomic E-state index is 13.0. The molecule has 18 heavy (non-hydrogen) atoms. The van der Waals surface area contributed by atoms with Gasteiger partial charge in [0.1, 0.15) is 0 Å². The van der Waals surface area contributed by atoms with Crippen molar-refractivity contribution >= 4 is 5.91 Å². The lowest BCUT2D eigenvalue weighted by Gasteiger charge is -2.30. The zero-order valence-electron chi connectivity index (χ0n) is 10.6. The summed E-state index contributed by atoms with van der Waals surface area (Å²) in [7, 11) is 0. The number of nitrogens with one attached hydrogen (secondary N) is 2. The van der Waals surface area contributed by atoms with Gasteiger partial charge < -0.3 is 15.4 Å². The Balaban J connectivity index is 2.67. The van der Waals surface area contributed by atoms with Crippen LogP contribution in [-0.2, 0) is 9.53 Å². The number of hydrogen-bond donors (Lipinski definition) is 2. The highest BCUT2D eigenvalue weighted by molar-refractivity contribution is 5.84. The summed E-state index contributed by atoms with van der Waals surface area (Å²) in [5.74, 6) is -0.966. The van der Waals surface area contributed by atoms with E-state index in [1.807, 2.05) is 0 Å². The molecule has 0 aromatic rings. The monoisotopic (exact) mass is 268 g/mol. The van der Waals surface area contributed by atoms with Gasteiger partial charge in [0.2, 0.25) is 5.91 Å². The van der Waals surface area contributed by atoms with Gasteiger partial charge in [-0.2, -0.15) is 13.2 Å². The Kier molecular flexibility index (Phi) is 4.98. The maximum Gasteiger partial charge on any atom is 0.404 e. The highest BCUT2D eigenvalue weighted by Crippen LogP contribution is 2.43. The molecule has 1 aliphatic heterocycles. The summed E-state index contributed by atoms with van der Waals surface area (Å²) >= 11 is 0. The lowest BCUT2D eigenvalue weighted by molar-refractivity contribution is -0.216. The van der Waals surface area contributed by atoms with Crippen molar-refractivity contribution in [2.24, 2.45) is 5.41 Å². The highest BCUT2D eigenvalue weighted by Gasteiger charge is 2.61. The van der Waals surface area contributed by atoms with Gasteiger partial charge in [-0.3, -0.25) is 4.79 Å². The predicted molar refractivity (Wildman–Crippen MR) is 60.1 cm³/mol. The van der Waals surface area contributed by atoms with Crippen LogP contribution in [-0.4, -0.2) is 44.4 Å². The minimum Gasteiger partial charge on any atom is -0.380 e. The summed E-state index contributed by atoms with van der Waals surface area (Å²) in [6.07, 6.45) is -4.75. The summed E-state index contributed by atoms with van der Waals surface area (Å²) < 4.78 is 44.2. The molecule has 0 aromatic heterocycles. The minimum atomic E-state index is -4.54. The number of carbonyl (C=O) groups is 1. The molecule has 1 heterocycles. The maximum absolute atomic E-state index is 13.0. The number of carbonyl (C=O) groups excluding carboxylic acids is 1. The topological polar surface area (TPSA) is 50.4 Å². The van der Waals surface area contributed by atoms with Gasteiger partial charge in [-0.05, 0) is 26.8 Å². The molecule has 0 bridgehead atoms. The fourth-order valence-corrected chi connectivity index (χ4v) is 1.95. The Labute approximate surface area is 104 Å². The molecule has 0 saturated carbocycles. The van der Waals surface area contributed by atoms with E-state index in [4.69, 9.17) is 4.74 Å². The van der Waals surface area contributed by atoms with Crippen LogP contribution in [0.3, 0.4) is 0 Å². The van der Waals surface area contributed by atoms with E-state index in [2.05, 4.69) is 10.6 Å². The van der Waals surface area contributed by atoms with Gasteiger partial charge in [0.25, 0.3) is 0 Å². The van der Waals surface area contributed by atoms with Crippen LogP contribution in [0, 0.1) is 5.41 Å². The number of alkyl halides is 3. The lowest BCUT2D eigenvalue weighted by Crippen LogP contribution is -2.54. The highest BCUT2D eigenvalue weighted by atomic mass is 19.4. The summed E-state index contributed by atoms with van der Waals surface area (Å²) in [6, 6.07) is -0.433. The second kappa shape index (κ2) is 5.88. The Morgan fingerprint density at radius 3 is 2.67 bits per heavy atom. The Bertz CT molecular complexity index is 289. The molecule has 0 aromatic carbocycles. The van der Waals surface area contributed by atoms with Crippen LogP contribution in [0.25, 0.3) is 0 Å². The molecule has 1 fully saturated rings. The third-order valence-electron chi connectivity index (χ3n) is 3.08. The van der Waals surface area contributed by atoms with Crippen molar-refractivity contribution in [2.75, 3.05) is 26.3 Å². The first-order chi connectivity index (χ1) is 8.33. The lowest BCUT2D eigenvalue weighted by atomic mass is 9.85. The molecule has 106 valence electrons. The van der Waals surface area contributed by atoms with Crippen molar-refractivity contribution in [2.45, 2.75) is 32.5 Å². The van der Waals surface area contributed by atoms with Gasteiger partial charge >= 0.3 is 6.18 Å². The van der Waals surface area contributed by atoms with Crippen LogP contribution in [0.1, 0.15) is 20.3 Å². The average Bonchev–Trinajstić information content (AvgIpc) is 2.75. The van der Waals surface area contributed by atoms with Crippen molar-refractivity contribution in [1.29, 1.82) is 0 Å². The van der Waals surface area contributed by atoms with Gasteiger partial charge in [0.05, 0.1) is 6.61 Å². The Morgan fingerprint density at radius 2 is 2.22 bits per heavy atom. The molecule has 7 heteroatoms. The second-order valence-electron chi connectivity index (χ2n) is 4.54. The largest absolute Gasteiger partial charge is 0.404 e. The van der Waals surface area contributed by atoms with Crippen molar-refractivity contribution in [1.82, 2.24) is 10.6 Å². The number of hydrogen-bond acceptors (Lipinski definition) is 3. The van der Waals surface area contributed by atoms with Crippen LogP contribution in [0.15, 0.2) is 0 Å². The van der Waals surface area contributed by atoms with Gasteiger partial charge in [0.15, 0.2) is 5.41 Å². The molecule has 2 N–H and O–H groups in total. The van der Waals surface area contributed by atoms with Crippen LogP contribution in [0.2, 0.25) is 0 Å². The first-order valence-corrected chi connectivity index (χ1v) is 5.99. The fraction of sp³-hybridized carbons (Fsp3) is 0.909. The molecule has 1 amide bonds. The summed E-state index contributed by atoms with van der Waals surface area (Å²) in [6.45, 7) is 3.93. The standard InChI is InChI=1S/C11H19F3N2O2/c1-3-18-6-8(2)16-9(17)10(11(12,13)14)4-5-15-7-10/h8,15H,3-7H2,1-2H3,(H,16,17). The minimum absolute atomic E-state index is 0.201. The zero-order chi connectivity index (χ0) is 13.8. The molecule has 0 radical (unpaired) electrons. The van der Waals surface area contributed by atoms with Gasteiger partial charge in [-0.1, -0.05) is 0 Å². The SMILES string of the molecule is CCOCC(C)NC(=O)C1(C(F)(F)F)CCNC1. The van der Waals surface area contributed by atoms with Crippen molar-refractivity contribution in [3.63, 3.8) is 0 Å². The van der Waals surface area contributed by atoms with E-state index in [0.717, 1.165) is 0 Å². The number of ether oxygens (including phenoxy) is 1. The first kappa shape index (κ1) is 15.2. The molecular formula is C11H19F3N2O2. The van der Waals surface area contributed by atoms with E-state index >= 15 is 0 Å². The predicted octanol–water partition coefficient (Wildman–Crippen LogP) is 1.07. The average molecular weight is 268 g/mol. The Morgan fingerprint density at radius 1 is 1.56 bits per heavy atom. The summed E-state index contributed by atoms with van der Waals surface area (Å²) in [5.41, 5.74) is -2.30.